The van der Waals surface area contributed by atoms with Crippen molar-refractivity contribution in [1.82, 2.24) is 14.4 Å². The van der Waals surface area contributed by atoms with Gasteiger partial charge in [0.15, 0.2) is 5.76 Å². The van der Waals surface area contributed by atoms with Gasteiger partial charge in [0.05, 0.1) is 12.8 Å². The standard InChI is InChI=1S/C15H21N3O5S/c1-10-15(7-14(22-10)13-4-5-16-23-13)24(20,21)18-8-11(17(2)3)6-12(18)9-19/h4-5,7,11-12,19H,6,8-9H2,1-3H3/t11-,12+/m1/s1. The number of furan rings is 1. The maximum Gasteiger partial charge on any atom is 0.246 e. The molecule has 2 aromatic rings. The van der Waals surface area contributed by atoms with Crippen molar-refractivity contribution in [2.24, 2.45) is 0 Å². The summed E-state index contributed by atoms with van der Waals surface area (Å²) < 4.78 is 38.0. The summed E-state index contributed by atoms with van der Waals surface area (Å²) >= 11 is 0. The summed E-state index contributed by atoms with van der Waals surface area (Å²) in [4.78, 5) is 2.06. The summed E-state index contributed by atoms with van der Waals surface area (Å²) in [6.07, 6.45) is 2.06. The van der Waals surface area contributed by atoms with Gasteiger partial charge in [-0.3, -0.25) is 0 Å². The van der Waals surface area contributed by atoms with Crippen molar-refractivity contribution >= 4 is 10.0 Å². The van der Waals surface area contributed by atoms with E-state index in [1.807, 2.05) is 19.0 Å². The van der Waals surface area contributed by atoms with E-state index in [4.69, 9.17) is 8.94 Å². The average Bonchev–Trinajstić information content (AvgIpc) is 3.25. The fourth-order valence-corrected chi connectivity index (χ4v) is 4.84. The molecule has 0 aromatic carbocycles. The minimum Gasteiger partial charge on any atom is -0.457 e. The molecule has 0 aliphatic carbocycles. The van der Waals surface area contributed by atoms with Crippen molar-refractivity contribution < 1.29 is 22.5 Å². The summed E-state index contributed by atoms with van der Waals surface area (Å²) in [6, 6.07) is 2.68. The topological polar surface area (TPSA) is 100 Å². The molecule has 8 nitrogen and oxygen atoms in total. The van der Waals surface area contributed by atoms with E-state index in [0.29, 0.717) is 24.5 Å². The Balaban J connectivity index is 1.96. The number of rotatable bonds is 5. The van der Waals surface area contributed by atoms with Gasteiger partial charge in [-0.2, -0.15) is 4.31 Å². The van der Waals surface area contributed by atoms with Crippen LogP contribution in [0.5, 0.6) is 0 Å². The van der Waals surface area contributed by atoms with Gasteiger partial charge < -0.3 is 18.9 Å². The first-order chi connectivity index (χ1) is 11.3. The normalized spacial score (nSPS) is 22.5. The molecule has 3 heterocycles. The van der Waals surface area contributed by atoms with E-state index >= 15 is 0 Å². The van der Waals surface area contributed by atoms with Gasteiger partial charge in [0.25, 0.3) is 0 Å². The highest BCUT2D eigenvalue weighted by atomic mass is 32.2. The molecular formula is C15H21N3O5S. The molecule has 132 valence electrons. The zero-order valence-corrected chi connectivity index (χ0v) is 14.7. The molecule has 2 atom stereocenters. The minimum absolute atomic E-state index is 0.0675. The largest absolute Gasteiger partial charge is 0.457 e. The van der Waals surface area contributed by atoms with Crippen LogP contribution in [0.1, 0.15) is 12.2 Å². The number of hydrogen-bond acceptors (Lipinski definition) is 7. The van der Waals surface area contributed by atoms with Gasteiger partial charge in [-0.05, 0) is 27.4 Å². The van der Waals surface area contributed by atoms with E-state index in [-0.39, 0.29) is 23.3 Å². The molecular weight excluding hydrogens is 334 g/mol. The summed E-state index contributed by atoms with van der Waals surface area (Å²) in [5.41, 5.74) is 0. The summed E-state index contributed by atoms with van der Waals surface area (Å²) in [6.45, 7) is 1.72. The molecule has 0 amide bonds. The molecule has 1 fully saturated rings. The van der Waals surface area contributed by atoms with Crippen LogP contribution in [0.25, 0.3) is 11.5 Å². The van der Waals surface area contributed by atoms with Crippen LogP contribution in [0.15, 0.2) is 32.2 Å². The number of likely N-dealkylation sites (N-methyl/N-ethyl adjacent to an activating group) is 1. The van der Waals surface area contributed by atoms with Crippen molar-refractivity contribution in [3.63, 3.8) is 0 Å². The van der Waals surface area contributed by atoms with Crippen molar-refractivity contribution in [2.45, 2.75) is 30.3 Å². The highest BCUT2D eigenvalue weighted by molar-refractivity contribution is 7.89. The Morgan fingerprint density at radius 2 is 2.17 bits per heavy atom. The first-order valence-electron chi connectivity index (χ1n) is 7.65. The maximum atomic E-state index is 13.1. The molecule has 0 unspecified atom stereocenters. The quantitative estimate of drug-likeness (QED) is 0.851. The molecule has 24 heavy (non-hydrogen) atoms. The van der Waals surface area contributed by atoms with E-state index in [2.05, 4.69) is 5.16 Å². The molecule has 1 N–H and O–H groups in total. The lowest BCUT2D eigenvalue weighted by atomic mass is 10.2. The maximum absolute atomic E-state index is 13.1. The first kappa shape index (κ1) is 17.2. The fourth-order valence-electron chi connectivity index (χ4n) is 3.01. The van der Waals surface area contributed by atoms with Gasteiger partial charge in [-0.1, -0.05) is 5.16 Å². The molecule has 1 saturated heterocycles. The summed E-state index contributed by atoms with van der Waals surface area (Å²) in [5, 5.41) is 13.2. The second-order valence-corrected chi connectivity index (χ2v) is 8.03. The number of aliphatic hydroxyl groups is 1. The van der Waals surface area contributed by atoms with Crippen molar-refractivity contribution in [2.75, 3.05) is 27.2 Å². The Morgan fingerprint density at radius 3 is 2.75 bits per heavy atom. The van der Waals surface area contributed by atoms with Crippen LogP contribution in [0.3, 0.4) is 0 Å². The highest BCUT2D eigenvalue weighted by Crippen LogP contribution is 2.33. The Labute approximate surface area is 140 Å². The van der Waals surface area contributed by atoms with E-state index in [1.54, 1.807) is 13.0 Å². The highest BCUT2D eigenvalue weighted by Gasteiger charge is 2.42. The molecule has 0 spiro atoms. The minimum atomic E-state index is -3.78. The second-order valence-electron chi connectivity index (χ2n) is 6.17. The summed E-state index contributed by atoms with van der Waals surface area (Å²) in [7, 11) is 0.0297. The summed E-state index contributed by atoms with van der Waals surface area (Å²) in [5.74, 6) is 0.963. The Hall–Kier alpha value is -1.68. The van der Waals surface area contributed by atoms with Crippen LogP contribution in [0.2, 0.25) is 0 Å². The lowest BCUT2D eigenvalue weighted by Gasteiger charge is -2.22. The van der Waals surface area contributed by atoms with Gasteiger partial charge >= 0.3 is 0 Å². The molecule has 2 aromatic heterocycles. The smallest absolute Gasteiger partial charge is 0.246 e. The van der Waals surface area contributed by atoms with Crippen molar-refractivity contribution in [3.8, 4) is 11.5 Å². The Morgan fingerprint density at radius 1 is 1.42 bits per heavy atom. The lowest BCUT2D eigenvalue weighted by Crippen LogP contribution is -2.38. The molecule has 9 heteroatoms. The van der Waals surface area contributed by atoms with Crippen LogP contribution in [-0.4, -0.2) is 67.2 Å². The predicted molar refractivity (Wildman–Crippen MR) is 85.8 cm³/mol. The van der Waals surface area contributed by atoms with E-state index in [9.17, 15) is 13.5 Å². The number of hydrogen-bond donors (Lipinski definition) is 1. The van der Waals surface area contributed by atoms with Crippen LogP contribution in [-0.2, 0) is 10.0 Å². The number of sulfonamides is 1. The lowest BCUT2D eigenvalue weighted by molar-refractivity contribution is 0.212. The van der Waals surface area contributed by atoms with Gasteiger partial charge in [0, 0.05) is 30.8 Å². The van der Waals surface area contributed by atoms with Crippen LogP contribution < -0.4 is 0 Å². The van der Waals surface area contributed by atoms with Crippen LogP contribution in [0, 0.1) is 6.92 Å². The van der Waals surface area contributed by atoms with Crippen molar-refractivity contribution in [3.05, 3.63) is 24.1 Å². The molecule has 1 aliphatic rings. The van der Waals surface area contributed by atoms with Gasteiger partial charge in [0.1, 0.15) is 10.7 Å². The third kappa shape index (κ3) is 2.88. The van der Waals surface area contributed by atoms with Crippen LogP contribution >= 0.6 is 0 Å². The monoisotopic (exact) mass is 355 g/mol. The molecule has 3 rings (SSSR count). The predicted octanol–water partition coefficient (Wildman–Crippen LogP) is 0.929. The Bertz CT molecular complexity index is 797. The van der Waals surface area contributed by atoms with Crippen molar-refractivity contribution in [1.29, 1.82) is 0 Å². The third-order valence-electron chi connectivity index (χ3n) is 4.42. The van der Waals surface area contributed by atoms with Crippen LogP contribution in [0.4, 0.5) is 0 Å². The van der Waals surface area contributed by atoms with Gasteiger partial charge in [-0.25, -0.2) is 8.42 Å². The fraction of sp³-hybridized carbons (Fsp3) is 0.533. The number of nitrogens with zero attached hydrogens (tertiary/aromatic N) is 3. The molecule has 0 radical (unpaired) electrons. The second kappa shape index (κ2) is 6.32. The van der Waals surface area contributed by atoms with Gasteiger partial charge in [-0.15, -0.1) is 0 Å². The molecule has 0 bridgehead atoms. The number of aromatic nitrogens is 1. The average molecular weight is 355 g/mol. The Kier molecular flexibility index (Phi) is 4.52. The zero-order valence-electron chi connectivity index (χ0n) is 13.8. The van der Waals surface area contributed by atoms with E-state index < -0.39 is 16.1 Å². The first-order valence-corrected chi connectivity index (χ1v) is 9.09. The van der Waals surface area contributed by atoms with Gasteiger partial charge in [0.2, 0.25) is 15.8 Å². The van der Waals surface area contributed by atoms with E-state index in [1.165, 1.54) is 16.6 Å². The SMILES string of the molecule is Cc1oc(-c2ccno2)cc1S(=O)(=O)N1C[C@H](N(C)C)C[C@H]1CO. The molecule has 1 aliphatic heterocycles. The molecule has 0 saturated carbocycles. The third-order valence-corrected chi connectivity index (χ3v) is 6.45. The number of aryl methyl sites for hydroxylation is 1. The zero-order chi connectivity index (χ0) is 17.5. The number of aliphatic hydroxyl groups excluding tert-OH is 1. The van der Waals surface area contributed by atoms with E-state index in [0.717, 1.165) is 0 Å².